The molecule has 1 N–H and O–H groups in total. The third-order valence-corrected chi connectivity index (χ3v) is 2.65. The van der Waals surface area contributed by atoms with Crippen molar-refractivity contribution < 1.29 is 9.59 Å². The van der Waals surface area contributed by atoms with E-state index in [1.807, 2.05) is 0 Å². The number of hydrogen-bond donors (Lipinski definition) is 1. The molecule has 0 atom stereocenters. The molecule has 0 spiro atoms. The lowest BCUT2D eigenvalue weighted by molar-refractivity contribution is -0.146. The zero-order chi connectivity index (χ0) is 11.1. The molecule has 1 fully saturated rings. The van der Waals surface area contributed by atoms with Crippen LogP contribution in [-0.4, -0.2) is 36.3 Å². The van der Waals surface area contributed by atoms with Crippen molar-refractivity contribution >= 4 is 11.8 Å². The Hall–Kier alpha value is -1.06. The summed E-state index contributed by atoms with van der Waals surface area (Å²) in [6.07, 6.45) is 5.17. The summed E-state index contributed by atoms with van der Waals surface area (Å²) >= 11 is 0. The number of carbonyl (C=O) groups excluding carboxylic acids is 2. The van der Waals surface area contributed by atoms with Crippen LogP contribution in [-0.2, 0) is 9.59 Å². The van der Waals surface area contributed by atoms with E-state index in [9.17, 15) is 9.59 Å². The summed E-state index contributed by atoms with van der Waals surface area (Å²) in [4.78, 5) is 24.7. The lowest BCUT2D eigenvalue weighted by Gasteiger charge is -2.25. The van der Waals surface area contributed by atoms with E-state index >= 15 is 0 Å². The van der Waals surface area contributed by atoms with Crippen molar-refractivity contribution in [3.8, 4) is 0 Å². The predicted molar refractivity (Wildman–Crippen MR) is 58.3 cm³/mol. The molecule has 0 aromatic rings. The molecule has 1 aliphatic rings. The van der Waals surface area contributed by atoms with E-state index in [1.54, 1.807) is 4.90 Å². The fourth-order valence-corrected chi connectivity index (χ4v) is 1.69. The molecule has 1 rings (SSSR count). The van der Waals surface area contributed by atoms with Crippen molar-refractivity contribution in [2.24, 2.45) is 0 Å². The van der Waals surface area contributed by atoms with Gasteiger partial charge in [-0.25, -0.2) is 0 Å². The maximum Gasteiger partial charge on any atom is 0.311 e. The first-order chi connectivity index (χ1) is 7.25. The van der Waals surface area contributed by atoms with Crippen LogP contribution in [0.5, 0.6) is 0 Å². The van der Waals surface area contributed by atoms with Gasteiger partial charge in [-0.15, -0.1) is 0 Å². The number of likely N-dealkylation sites (tertiary alicyclic amines) is 1. The number of nitrogens with zero attached hydrogens (tertiary/aromatic N) is 1. The molecule has 2 amide bonds. The van der Waals surface area contributed by atoms with Crippen LogP contribution in [0, 0.1) is 0 Å². The smallest absolute Gasteiger partial charge is 0.311 e. The lowest BCUT2D eigenvalue weighted by Crippen LogP contribution is -2.45. The monoisotopic (exact) mass is 212 g/mol. The highest BCUT2D eigenvalue weighted by molar-refractivity contribution is 6.35. The van der Waals surface area contributed by atoms with Crippen molar-refractivity contribution in [3.63, 3.8) is 0 Å². The van der Waals surface area contributed by atoms with Gasteiger partial charge >= 0.3 is 11.8 Å². The van der Waals surface area contributed by atoms with Gasteiger partial charge in [0, 0.05) is 19.6 Å². The van der Waals surface area contributed by atoms with Crippen LogP contribution in [0.3, 0.4) is 0 Å². The Morgan fingerprint density at radius 1 is 1.20 bits per heavy atom. The number of rotatable bonds is 3. The molecule has 86 valence electrons. The highest BCUT2D eigenvalue weighted by Gasteiger charge is 2.22. The van der Waals surface area contributed by atoms with Gasteiger partial charge in [-0.05, 0) is 25.7 Å². The molecule has 1 heterocycles. The summed E-state index contributed by atoms with van der Waals surface area (Å²) in [6, 6.07) is 0. The Morgan fingerprint density at radius 3 is 2.47 bits per heavy atom. The van der Waals surface area contributed by atoms with E-state index in [4.69, 9.17) is 0 Å². The Balaban J connectivity index is 2.28. The molecule has 15 heavy (non-hydrogen) atoms. The number of piperidine rings is 1. The Labute approximate surface area is 91.0 Å². The first kappa shape index (κ1) is 12.0. The maximum atomic E-state index is 11.6. The van der Waals surface area contributed by atoms with Gasteiger partial charge < -0.3 is 10.2 Å². The van der Waals surface area contributed by atoms with Crippen LogP contribution in [0.4, 0.5) is 0 Å². The Bertz CT molecular complexity index is 223. The molecule has 0 aromatic carbocycles. The summed E-state index contributed by atoms with van der Waals surface area (Å²) in [5.41, 5.74) is 0. The molecule has 1 saturated heterocycles. The minimum atomic E-state index is -0.439. The molecule has 1 aliphatic heterocycles. The van der Waals surface area contributed by atoms with Crippen LogP contribution in [0.1, 0.15) is 39.0 Å². The highest BCUT2D eigenvalue weighted by atomic mass is 16.2. The highest BCUT2D eigenvalue weighted by Crippen LogP contribution is 2.08. The van der Waals surface area contributed by atoms with Gasteiger partial charge in [0.05, 0.1) is 0 Å². The lowest BCUT2D eigenvalue weighted by atomic mass is 10.1. The minimum Gasteiger partial charge on any atom is -0.348 e. The van der Waals surface area contributed by atoms with Crippen LogP contribution >= 0.6 is 0 Å². The number of unbranched alkanes of at least 4 members (excludes halogenated alkanes) is 1. The number of carbonyl (C=O) groups is 2. The van der Waals surface area contributed by atoms with E-state index in [0.29, 0.717) is 6.54 Å². The maximum absolute atomic E-state index is 11.6. The molecule has 4 nitrogen and oxygen atoms in total. The zero-order valence-corrected chi connectivity index (χ0v) is 9.42. The van der Waals surface area contributed by atoms with Gasteiger partial charge in [-0.1, -0.05) is 13.3 Å². The van der Waals surface area contributed by atoms with Gasteiger partial charge in [0.15, 0.2) is 0 Å². The van der Waals surface area contributed by atoms with E-state index in [1.165, 1.54) is 6.42 Å². The van der Waals surface area contributed by atoms with Crippen molar-refractivity contribution in [1.29, 1.82) is 0 Å². The molecular weight excluding hydrogens is 192 g/mol. The molecule has 0 aromatic heterocycles. The fourth-order valence-electron chi connectivity index (χ4n) is 1.69. The zero-order valence-electron chi connectivity index (χ0n) is 9.42. The average molecular weight is 212 g/mol. The third kappa shape index (κ3) is 3.90. The molecule has 0 aliphatic carbocycles. The van der Waals surface area contributed by atoms with Gasteiger partial charge in [-0.2, -0.15) is 0 Å². The first-order valence-corrected chi connectivity index (χ1v) is 5.82. The quantitative estimate of drug-likeness (QED) is 0.558. The predicted octanol–water partition coefficient (Wildman–Crippen LogP) is 0.915. The summed E-state index contributed by atoms with van der Waals surface area (Å²) in [7, 11) is 0. The fraction of sp³-hybridized carbons (Fsp3) is 0.818. The van der Waals surface area contributed by atoms with Gasteiger partial charge in [0.1, 0.15) is 0 Å². The normalized spacial score (nSPS) is 16.2. The SMILES string of the molecule is CCCCNC(=O)C(=O)N1CCCCC1. The second-order valence-corrected chi connectivity index (χ2v) is 3.96. The van der Waals surface area contributed by atoms with Crippen molar-refractivity contribution in [3.05, 3.63) is 0 Å². The number of hydrogen-bond acceptors (Lipinski definition) is 2. The Kier molecular flexibility index (Phi) is 5.15. The topological polar surface area (TPSA) is 49.4 Å². The minimum absolute atomic E-state index is 0.356. The Morgan fingerprint density at radius 2 is 1.87 bits per heavy atom. The van der Waals surface area contributed by atoms with Crippen LogP contribution < -0.4 is 5.32 Å². The van der Waals surface area contributed by atoms with E-state index in [2.05, 4.69) is 12.2 Å². The molecule has 0 saturated carbocycles. The number of amides is 2. The molecular formula is C11H20N2O2. The second-order valence-electron chi connectivity index (χ2n) is 3.96. The van der Waals surface area contributed by atoms with E-state index < -0.39 is 5.91 Å². The molecule has 4 heteroatoms. The van der Waals surface area contributed by atoms with Crippen LogP contribution in [0.25, 0.3) is 0 Å². The van der Waals surface area contributed by atoms with Crippen LogP contribution in [0.2, 0.25) is 0 Å². The van der Waals surface area contributed by atoms with Crippen molar-refractivity contribution in [1.82, 2.24) is 10.2 Å². The first-order valence-electron chi connectivity index (χ1n) is 5.82. The summed E-state index contributed by atoms with van der Waals surface area (Å²) in [5.74, 6) is -0.795. The molecule has 0 bridgehead atoms. The molecule has 0 radical (unpaired) electrons. The van der Waals surface area contributed by atoms with E-state index in [0.717, 1.165) is 38.8 Å². The van der Waals surface area contributed by atoms with Gasteiger partial charge in [0.25, 0.3) is 0 Å². The third-order valence-electron chi connectivity index (χ3n) is 2.65. The summed E-state index contributed by atoms with van der Waals surface area (Å²) in [6.45, 7) is 4.13. The second kappa shape index (κ2) is 6.43. The van der Waals surface area contributed by atoms with Gasteiger partial charge in [-0.3, -0.25) is 9.59 Å². The summed E-state index contributed by atoms with van der Waals surface area (Å²) < 4.78 is 0. The van der Waals surface area contributed by atoms with E-state index in [-0.39, 0.29) is 5.91 Å². The van der Waals surface area contributed by atoms with Crippen LogP contribution in [0.15, 0.2) is 0 Å². The number of nitrogens with one attached hydrogen (secondary N) is 1. The van der Waals surface area contributed by atoms with Gasteiger partial charge in [0.2, 0.25) is 0 Å². The largest absolute Gasteiger partial charge is 0.348 e. The average Bonchev–Trinajstić information content (AvgIpc) is 2.29. The summed E-state index contributed by atoms with van der Waals surface area (Å²) in [5, 5.41) is 2.65. The standard InChI is InChI=1S/C11H20N2O2/c1-2-3-7-12-10(14)11(15)13-8-5-4-6-9-13/h2-9H2,1H3,(H,12,14). The molecule has 0 unspecified atom stereocenters. The van der Waals surface area contributed by atoms with Crippen molar-refractivity contribution in [2.75, 3.05) is 19.6 Å². The van der Waals surface area contributed by atoms with Crippen molar-refractivity contribution in [2.45, 2.75) is 39.0 Å².